The van der Waals surface area contributed by atoms with Crippen LogP contribution in [0.15, 0.2) is 66.4 Å². The molecule has 0 saturated carbocycles. The van der Waals surface area contributed by atoms with Gasteiger partial charge in [-0.2, -0.15) is 10.1 Å². The number of rotatable bonds is 8. The molecule has 0 aliphatic rings. The Kier molecular flexibility index (Phi) is 7.05. The highest BCUT2D eigenvalue weighted by atomic mass is 16.5. The zero-order valence-electron chi connectivity index (χ0n) is 16.6. The molecule has 1 heterocycles. The van der Waals surface area contributed by atoms with Crippen molar-refractivity contribution < 1.29 is 14.3 Å². The SMILES string of the molecule is CCOC(=O)/C(C#N)=C/NNC(=O)c1ccc(Cn2nnc(-c3ccccc3)n2)cc1. The normalized spacial score (nSPS) is 10.8. The van der Waals surface area contributed by atoms with Gasteiger partial charge >= 0.3 is 5.97 Å². The van der Waals surface area contributed by atoms with Gasteiger partial charge in [0.05, 0.1) is 13.2 Å². The van der Waals surface area contributed by atoms with Crippen molar-refractivity contribution in [3.8, 4) is 17.5 Å². The van der Waals surface area contributed by atoms with E-state index in [1.165, 1.54) is 4.80 Å². The lowest BCUT2D eigenvalue weighted by Crippen LogP contribution is -2.34. The molecule has 2 aromatic carbocycles. The lowest BCUT2D eigenvalue weighted by Gasteiger charge is -2.06. The smallest absolute Gasteiger partial charge is 0.350 e. The van der Waals surface area contributed by atoms with Gasteiger partial charge in [-0.1, -0.05) is 42.5 Å². The molecule has 0 atom stereocenters. The molecule has 0 aliphatic heterocycles. The van der Waals surface area contributed by atoms with Gasteiger partial charge in [-0.3, -0.25) is 10.2 Å². The second-order valence-electron chi connectivity index (χ2n) is 6.20. The Bertz CT molecular complexity index is 1120. The largest absolute Gasteiger partial charge is 0.462 e. The van der Waals surface area contributed by atoms with Crippen LogP contribution in [0.3, 0.4) is 0 Å². The second kappa shape index (κ2) is 10.3. The molecule has 3 aromatic rings. The first-order valence-corrected chi connectivity index (χ1v) is 9.36. The number of amides is 1. The fourth-order valence-electron chi connectivity index (χ4n) is 2.53. The number of ether oxygens (including phenoxy) is 1. The summed E-state index contributed by atoms with van der Waals surface area (Å²) in [6.07, 6.45) is 1.07. The molecule has 3 rings (SSSR count). The molecule has 0 spiro atoms. The first-order chi connectivity index (χ1) is 15.1. The first kappa shape index (κ1) is 21.2. The van der Waals surface area contributed by atoms with Crippen molar-refractivity contribution in [2.45, 2.75) is 13.5 Å². The number of benzene rings is 2. The Morgan fingerprint density at radius 2 is 1.90 bits per heavy atom. The lowest BCUT2D eigenvalue weighted by atomic mass is 10.1. The van der Waals surface area contributed by atoms with Crippen molar-refractivity contribution in [2.24, 2.45) is 0 Å². The predicted octanol–water partition coefficient (Wildman–Crippen LogP) is 1.59. The van der Waals surface area contributed by atoms with Gasteiger partial charge in [0, 0.05) is 17.3 Å². The van der Waals surface area contributed by atoms with Crippen molar-refractivity contribution in [3.05, 3.63) is 77.5 Å². The molecule has 0 saturated heterocycles. The van der Waals surface area contributed by atoms with Gasteiger partial charge in [0.2, 0.25) is 5.82 Å². The molecule has 2 N–H and O–H groups in total. The molecule has 0 unspecified atom stereocenters. The zero-order valence-corrected chi connectivity index (χ0v) is 16.6. The average Bonchev–Trinajstić information content (AvgIpc) is 3.26. The van der Waals surface area contributed by atoms with Crippen molar-refractivity contribution >= 4 is 11.9 Å². The van der Waals surface area contributed by atoms with Crippen LogP contribution in [0, 0.1) is 11.3 Å². The van der Waals surface area contributed by atoms with E-state index in [9.17, 15) is 9.59 Å². The number of nitrogens with zero attached hydrogens (tertiary/aromatic N) is 5. The molecule has 10 heteroatoms. The quantitative estimate of drug-likeness (QED) is 0.244. The van der Waals surface area contributed by atoms with Crippen LogP contribution in [-0.4, -0.2) is 38.7 Å². The third-order valence-corrected chi connectivity index (χ3v) is 4.04. The number of carbonyl (C=O) groups is 2. The van der Waals surface area contributed by atoms with Crippen LogP contribution in [0.25, 0.3) is 11.4 Å². The summed E-state index contributed by atoms with van der Waals surface area (Å²) < 4.78 is 4.73. The molecule has 10 nitrogen and oxygen atoms in total. The van der Waals surface area contributed by atoms with E-state index in [1.807, 2.05) is 30.3 Å². The van der Waals surface area contributed by atoms with Gasteiger partial charge < -0.3 is 10.2 Å². The molecule has 1 amide bonds. The molecular weight excluding hydrogens is 398 g/mol. The molecule has 31 heavy (non-hydrogen) atoms. The van der Waals surface area contributed by atoms with Crippen molar-refractivity contribution in [1.29, 1.82) is 5.26 Å². The standard InChI is InChI=1S/C21H19N7O3/c1-2-31-21(30)18(12-22)13-23-25-20(29)17-10-8-15(9-11-17)14-28-26-19(24-27-28)16-6-4-3-5-7-16/h3-11,13,23H,2,14H2,1H3,(H,25,29)/b18-13+. The number of carbonyl (C=O) groups excluding carboxylic acids is 2. The average molecular weight is 417 g/mol. The Labute approximate surface area is 178 Å². The van der Waals surface area contributed by atoms with Crippen LogP contribution in [0.2, 0.25) is 0 Å². The van der Waals surface area contributed by atoms with Crippen LogP contribution in [-0.2, 0) is 16.1 Å². The second-order valence-corrected chi connectivity index (χ2v) is 6.20. The third-order valence-electron chi connectivity index (χ3n) is 4.04. The third kappa shape index (κ3) is 5.74. The number of nitriles is 1. The number of esters is 1. The Balaban J connectivity index is 1.56. The molecule has 0 radical (unpaired) electrons. The van der Waals surface area contributed by atoms with Gasteiger partial charge in [0.15, 0.2) is 5.57 Å². The van der Waals surface area contributed by atoms with Crippen molar-refractivity contribution in [2.75, 3.05) is 6.61 Å². The van der Waals surface area contributed by atoms with E-state index in [2.05, 4.69) is 26.3 Å². The summed E-state index contributed by atoms with van der Waals surface area (Å²) in [7, 11) is 0. The summed E-state index contributed by atoms with van der Waals surface area (Å²) in [5.41, 5.74) is 6.71. The van der Waals surface area contributed by atoms with E-state index < -0.39 is 11.9 Å². The van der Waals surface area contributed by atoms with E-state index in [1.54, 1.807) is 37.3 Å². The number of hydrogen-bond acceptors (Lipinski definition) is 8. The van der Waals surface area contributed by atoms with Gasteiger partial charge in [-0.05, 0) is 29.8 Å². The highest BCUT2D eigenvalue weighted by molar-refractivity contribution is 5.94. The molecule has 1 aromatic heterocycles. The van der Waals surface area contributed by atoms with E-state index in [4.69, 9.17) is 10.00 Å². The number of hydrogen-bond donors (Lipinski definition) is 2. The highest BCUT2D eigenvalue weighted by Gasteiger charge is 2.10. The minimum Gasteiger partial charge on any atom is -0.462 e. The first-order valence-electron chi connectivity index (χ1n) is 9.36. The van der Waals surface area contributed by atoms with Crippen LogP contribution >= 0.6 is 0 Å². The molecule has 156 valence electrons. The minimum atomic E-state index is -0.770. The summed E-state index contributed by atoms with van der Waals surface area (Å²) in [6.45, 7) is 2.18. The van der Waals surface area contributed by atoms with E-state index in [0.29, 0.717) is 17.9 Å². The minimum absolute atomic E-state index is 0.147. The van der Waals surface area contributed by atoms with Crippen molar-refractivity contribution in [3.63, 3.8) is 0 Å². The maximum absolute atomic E-state index is 12.2. The van der Waals surface area contributed by atoms with Crippen LogP contribution in [0.5, 0.6) is 0 Å². The van der Waals surface area contributed by atoms with E-state index >= 15 is 0 Å². The maximum atomic E-state index is 12.2. The van der Waals surface area contributed by atoms with Crippen LogP contribution in [0.1, 0.15) is 22.8 Å². The fourth-order valence-corrected chi connectivity index (χ4v) is 2.53. The van der Waals surface area contributed by atoms with E-state index in [0.717, 1.165) is 17.3 Å². The molecular formula is C21H19N7O3. The number of nitrogens with one attached hydrogen (secondary N) is 2. The van der Waals surface area contributed by atoms with Crippen molar-refractivity contribution in [1.82, 2.24) is 31.1 Å². The molecule has 0 fully saturated rings. The summed E-state index contributed by atoms with van der Waals surface area (Å²) in [5.74, 6) is -0.669. The molecule has 0 aliphatic carbocycles. The Hall–Kier alpha value is -4.52. The maximum Gasteiger partial charge on any atom is 0.350 e. The zero-order chi connectivity index (χ0) is 22.1. The summed E-state index contributed by atoms with van der Waals surface area (Å²) in [4.78, 5) is 25.2. The van der Waals surface area contributed by atoms with Gasteiger partial charge in [0.1, 0.15) is 6.07 Å². The number of tetrazole rings is 1. The summed E-state index contributed by atoms with van der Waals surface area (Å²) in [6, 6.07) is 18.1. The lowest BCUT2D eigenvalue weighted by molar-refractivity contribution is -0.138. The Morgan fingerprint density at radius 1 is 1.16 bits per heavy atom. The highest BCUT2D eigenvalue weighted by Crippen LogP contribution is 2.12. The van der Waals surface area contributed by atoms with Crippen LogP contribution < -0.4 is 10.9 Å². The summed E-state index contributed by atoms with van der Waals surface area (Å²) >= 11 is 0. The van der Waals surface area contributed by atoms with E-state index in [-0.39, 0.29) is 12.2 Å². The fraction of sp³-hybridized carbons (Fsp3) is 0.143. The number of aromatic nitrogens is 4. The predicted molar refractivity (Wildman–Crippen MR) is 110 cm³/mol. The van der Waals surface area contributed by atoms with Gasteiger partial charge in [0.25, 0.3) is 5.91 Å². The van der Waals surface area contributed by atoms with Gasteiger partial charge in [-0.25, -0.2) is 4.79 Å². The van der Waals surface area contributed by atoms with Crippen LogP contribution in [0.4, 0.5) is 0 Å². The topological polar surface area (TPSA) is 135 Å². The number of hydrazine groups is 1. The monoisotopic (exact) mass is 417 g/mol. The Morgan fingerprint density at radius 3 is 2.58 bits per heavy atom. The molecule has 0 bridgehead atoms. The summed E-state index contributed by atoms with van der Waals surface area (Å²) in [5, 5.41) is 21.4. The van der Waals surface area contributed by atoms with Gasteiger partial charge in [-0.15, -0.1) is 10.2 Å².